The van der Waals surface area contributed by atoms with Crippen molar-refractivity contribution in [2.45, 2.75) is 38.6 Å². The lowest BCUT2D eigenvalue weighted by molar-refractivity contribution is 0.194. The number of hydrogen-bond acceptors (Lipinski definition) is 3. The fraction of sp³-hybridized carbons (Fsp3) is 0.571. The Bertz CT molecular complexity index is 337. The Morgan fingerprint density at radius 1 is 1.29 bits per heavy atom. The van der Waals surface area contributed by atoms with E-state index < -0.39 is 5.54 Å². The van der Waals surface area contributed by atoms with Crippen LogP contribution in [0.3, 0.4) is 0 Å². The third-order valence-electron chi connectivity index (χ3n) is 2.85. The Labute approximate surface area is 104 Å². The first kappa shape index (κ1) is 14.0. The van der Waals surface area contributed by atoms with Gasteiger partial charge in [-0.1, -0.05) is 18.2 Å². The van der Waals surface area contributed by atoms with Crippen molar-refractivity contribution in [3.63, 3.8) is 0 Å². The molecule has 0 fully saturated rings. The summed E-state index contributed by atoms with van der Waals surface area (Å²) in [4.78, 5) is 0. The maximum Gasteiger partial charge on any atom is 0.122 e. The third-order valence-corrected chi connectivity index (χ3v) is 2.85. The van der Waals surface area contributed by atoms with Gasteiger partial charge in [0.2, 0.25) is 0 Å². The quantitative estimate of drug-likeness (QED) is 0.715. The normalized spacial score (nSPS) is 14.4. The maximum atomic E-state index is 9.01. The van der Waals surface area contributed by atoms with E-state index in [4.69, 9.17) is 15.6 Å². The number of aliphatic hydroxyl groups excluding tert-OH is 1. The van der Waals surface area contributed by atoms with Gasteiger partial charge in [-0.25, -0.2) is 0 Å². The number of aryl methyl sites for hydroxylation is 1. The molecule has 96 valence electrons. The lowest BCUT2D eigenvalue weighted by Gasteiger charge is -2.21. The second-order valence-electron chi connectivity index (χ2n) is 4.88. The van der Waals surface area contributed by atoms with Crippen molar-refractivity contribution in [3.8, 4) is 5.75 Å². The fourth-order valence-corrected chi connectivity index (χ4v) is 1.61. The summed E-state index contributed by atoms with van der Waals surface area (Å²) in [5.74, 6) is 0.949. The molecule has 0 aliphatic heterocycles. The van der Waals surface area contributed by atoms with Crippen molar-refractivity contribution in [2.24, 2.45) is 5.73 Å². The first-order valence-corrected chi connectivity index (χ1v) is 6.13. The van der Waals surface area contributed by atoms with Crippen molar-refractivity contribution in [1.82, 2.24) is 0 Å². The van der Waals surface area contributed by atoms with Gasteiger partial charge in [0.15, 0.2) is 0 Å². The first-order chi connectivity index (χ1) is 8.05. The summed E-state index contributed by atoms with van der Waals surface area (Å²) in [6.07, 6.45) is 2.75. The zero-order valence-electron chi connectivity index (χ0n) is 10.8. The molecule has 3 heteroatoms. The summed E-state index contributed by atoms with van der Waals surface area (Å²) in [6, 6.07) is 8.00. The van der Waals surface area contributed by atoms with Crippen LogP contribution in [0.15, 0.2) is 24.3 Å². The van der Waals surface area contributed by atoms with Gasteiger partial charge in [-0.15, -0.1) is 0 Å². The monoisotopic (exact) mass is 237 g/mol. The number of ether oxygens (including phenoxy) is 1. The van der Waals surface area contributed by atoms with Crippen LogP contribution in [0.25, 0.3) is 0 Å². The van der Waals surface area contributed by atoms with Crippen LogP contribution in [0, 0.1) is 6.92 Å². The van der Waals surface area contributed by atoms with E-state index in [0.717, 1.165) is 30.6 Å². The summed E-state index contributed by atoms with van der Waals surface area (Å²) in [6.45, 7) is 4.64. The molecule has 1 aromatic carbocycles. The van der Waals surface area contributed by atoms with Crippen LogP contribution in [-0.2, 0) is 0 Å². The molecule has 0 saturated carbocycles. The van der Waals surface area contributed by atoms with Crippen LogP contribution >= 0.6 is 0 Å². The molecular formula is C14H23NO2. The predicted octanol–water partition coefficient (Wildman–Crippen LogP) is 2.25. The van der Waals surface area contributed by atoms with Crippen molar-refractivity contribution >= 4 is 0 Å². The van der Waals surface area contributed by atoms with Gasteiger partial charge in [-0.2, -0.15) is 0 Å². The minimum Gasteiger partial charge on any atom is -0.493 e. The van der Waals surface area contributed by atoms with Crippen molar-refractivity contribution in [2.75, 3.05) is 13.2 Å². The van der Waals surface area contributed by atoms with E-state index in [0.29, 0.717) is 6.61 Å². The molecule has 0 amide bonds. The standard InChI is InChI=1S/C14H23NO2/c1-12-7-3-4-8-13(12)17-10-6-5-9-14(2,15)11-16/h3-4,7-8,16H,5-6,9-11,15H2,1-2H3. The Balaban J connectivity index is 2.19. The Kier molecular flexibility index (Phi) is 5.45. The summed E-state index contributed by atoms with van der Waals surface area (Å²) in [7, 11) is 0. The molecule has 0 aliphatic carbocycles. The average molecular weight is 237 g/mol. The van der Waals surface area contributed by atoms with Gasteiger partial charge in [-0.3, -0.25) is 0 Å². The largest absolute Gasteiger partial charge is 0.493 e. The number of aliphatic hydroxyl groups is 1. The van der Waals surface area contributed by atoms with Crippen molar-refractivity contribution in [3.05, 3.63) is 29.8 Å². The summed E-state index contributed by atoms with van der Waals surface area (Å²) >= 11 is 0. The van der Waals surface area contributed by atoms with Gasteiger partial charge < -0.3 is 15.6 Å². The topological polar surface area (TPSA) is 55.5 Å². The summed E-state index contributed by atoms with van der Waals surface area (Å²) in [5, 5.41) is 9.01. The SMILES string of the molecule is Cc1ccccc1OCCCCC(C)(N)CO. The smallest absolute Gasteiger partial charge is 0.122 e. The molecule has 1 aromatic rings. The summed E-state index contributed by atoms with van der Waals surface area (Å²) < 4.78 is 5.68. The van der Waals surface area contributed by atoms with Gasteiger partial charge in [0.1, 0.15) is 5.75 Å². The lowest BCUT2D eigenvalue weighted by atomic mass is 9.97. The Morgan fingerprint density at radius 2 is 2.00 bits per heavy atom. The van der Waals surface area contributed by atoms with E-state index in [2.05, 4.69) is 0 Å². The Morgan fingerprint density at radius 3 is 2.65 bits per heavy atom. The van der Waals surface area contributed by atoms with Crippen molar-refractivity contribution < 1.29 is 9.84 Å². The highest BCUT2D eigenvalue weighted by molar-refractivity contribution is 5.31. The third kappa shape index (κ3) is 5.20. The van der Waals surface area contributed by atoms with Gasteiger partial charge in [0, 0.05) is 5.54 Å². The molecule has 0 aromatic heterocycles. The molecule has 0 aliphatic rings. The van der Waals surface area contributed by atoms with Crippen LogP contribution < -0.4 is 10.5 Å². The number of hydrogen-bond donors (Lipinski definition) is 2. The molecule has 1 rings (SSSR count). The molecule has 3 N–H and O–H groups in total. The molecule has 0 saturated heterocycles. The molecule has 1 atom stereocenters. The zero-order chi connectivity index (χ0) is 12.7. The summed E-state index contributed by atoms with van der Waals surface area (Å²) in [5.41, 5.74) is 6.55. The Hall–Kier alpha value is -1.06. The average Bonchev–Trinajstić information content (AvgIpc) is 2.31. The second-order valence-corrected chi connectivity index (χ2v) is 4.88. The molecule has 0 heterocycles. The van der Waals surface area contributed by atoms with Gasteiger partial charge >= 0.3 is 0 Å². The van der Waals surface area contributed by atoms with Crippen LogP contribution in [0.2, 0.25) is 0 Å². The van der Waals surface area contributed by atoms with E-state index in [1.165, 1.54) is 0 Å². The van der Waals surface area contributed by atoms with Gasteiger partial charge in [0.25, 0.3) is 0 Å². The highest BCUT2D eigenvalue weighted by atomic mass is 16.5. The van der Waals surface area contributed by atoms with E-state index >= 15 is 0 Å². The molecule has 3 nitrogen and oxygen atoms in total. The molecule has 1 unspecified atom stereocenters. The molecular weight excluding hydrogens is 214 g/mol. The fourth-order valence-electron chi connectivity index (χ4n) is 1.61. The number of rotatable bonds is 7. The molecule has 0 bridgehead atoms. The van der Waals surface area contributed by atoms with Gasteiger partial charge in [-0.05, 0) is 44.7 Å². The van der Waals surface area contributed by atoms with Gasteiger partial charge in [0.05, 0.1) is 13.2 Å². The predicted molar refractivity (Wildman–Crippen MR) is 70.2 cm³/mol. The molecule has 17 heavy (non-hydrogen) atoms. The first-order valence-electron chi connectivity index (χ1n) is 6.13. The van der Waals surface area contributed by atoms with Crippen molar-refractivity contribution in [1.29, 1.82) is 0 Å². The molecule has 0 spiro atoms. The minimum atomic E-state index is -0.456. The highest BCUT2D eigenvalue weighted by Gasteiger charge is 2.15. The van der Waals surface area contributed by atoms with E-state index in [9.17, 15) is 0 Å². The zero-order valence-corrected chi connectivity index (χ0v) is 10.8. The van der Waals surface area contributed by atoms with E-state index in [1.54, 1.807) is 0 Å². The number of unbranched alkanes of at least 4 members (excludes halogenated alkanes) is 1. The molecule has 0 radical (unpaired) electrons. The minimum absolute atomic E-state index is 0.0334. The van der Waals surface area contributed by atoms with Crippen LogP contribution in [0.4, 0.5) is 0 Å². The lowest BCUT2D eigenvalue weighted by Crippen LogP contribution is -2.39. The van der Waals surface area contributed by atoms with Crippen LogP contribution in [0.5, 0.6) is 5.75 Å². The van der Waals surface area contributed by atoms with Crippen LogP contribution in [0.1, 0.15) is 31.7 Å². The number of nitrogens with two attached hydrogens (primary N) is 1. The van der Waals surface area contributed by atoms with E-state index in [-0.39, 0.29) is 6.61 Å². The number of benzene rings is 1. The highest BCUT2D eigenvalue weighted by Crippen LogP contribution is 2.17. The van der Waals surface area contributed by atoms with E-state index in [1.807, 2.05) is 38.1 Å². The second kappa shape index (κ2) is 6.62. The van der Waals surface area contributed by atoms with Crippen LogP contribution in [-0.4, -0.2) is 23.9 Å². The number of para-hydroxylation sites is 1. The maximum absolute atomic E-state index is 9.01.